The van der Waals surface area contributed by atoms with E-state index in [0.29, 0.717) is 6.42 Å². The summed E-state index contributed by atoms with van der Waals surface area (Å²) in [4.78, 5) is 12.3. The van der Waals surface area contributed by atoms with E-state index in [1.165, 1.54) is 11.1 Å². The molecule has 1 aromatic rings. The molecule has 2 rings (SSSR count). The van der Waals surface area contributed by atoms with Crippen LogP contribution < -0.4 is 5.32 Å². The van der Waals surface area contributed by atoms with Crippen molar-refractivity contribution in [1.29, 1.82) is 0 Å². The molecule has 0 aromatic heterocycles. The zero-order chi connectivity index (χ0) is 20.0. The molecule has 0 saturated heterocycles. The Bertz CT molecular complexity index is 446. The van der Waals surface area contributed by atoms with Crippen LogP contribution in [0.15, 0.2) is 36.4 Å². The number of fused-ring (bicyclic) bond motifs is 1. The number of aldehydes is 1. The number of benzene rings is 1. The summed E-state index contributed by atoms with van der Waals surface area (Å²) in [5.74, 6) is 0. The lowest BCUT2D eigenvalue weighted by molar-refractivity contribution is -0.108. The van der Waals surface area contributed by atoms with Gasteiger partial charge in [0.1, 0.15) is 6.29 Å². The van der Waals surface area contributed by atoms with E-state index in [1.807, 2.05) is 27.9 Å². The zero-order valence-corrected chi connectivity index (χ0v) is 17.8. The minimum atomic E-state index is 0.705. The molecular weight excluding hydrogens is 320 g/mol. The summed E-state index contributed by atoms with van der Waals surface area (Å²) in [6.45, 7) is 11.5. The Kier molecular flexibility index (Phi) is 21.8. The lowest BCUT2D eigenvalue weighted by Gasteiger charge is -2.16. The predicted molar refractivity (Wildman–Crippen MR) is 119 cm³/mol. The number of rotatable bonds is 6. The highest BCUT2D eigenvalue weighted by Gasteiger charge is 1.96. The van der Waals surface area contributed by atoms with E-state index in [4.69, 9.17) is 0 Å². The second-order valence-electron chi connectivity index (χ2n) is 5.51. The van der Waals surface area contributed by atoms with Gasteiger partial charge in [0.15, 0.2) is 0 Å². The molecule has 0 fully saturated rings. The highest BCUT2D eigenvalue weighted by Crippen LogP contribution is 2.15. The number of allylic oxidation sites excluding steroid dienone is 2. The summed E-state index contributed by atoms with van der Waals surface area (Å²) in [6.07, 6.45) is 12.5. The first-order valence-electron chi connectivity index (χ1n) is 9.89. The smallest absolute Gasteiger partial charge is 0.120 e. The second-order valence-corrected chi connectivity index (χ2v) is 5.51. The van der Waals surface area contributed by atoms with Gasteiger partial charge in [0.05, 0.1) is 0 Å². The Morgan fingerprint density at radius 1 is 1.00 bits per heavy atom. The van der Waals surface area contributed by atoms with Gasteiger partial charge in [-0.2, -0.15) is 0 Å². The Labute approximate surface area is 162 Å². The Morgan fingerprint density at radius 3 is 1.85 bits per heavy atom. The number of hydrogen-bond donors (Lipinski definition) is 1. The van der Waals surface area contributed by atoms with E-state index in [0.717, 1.165) is 38.8 Å². The second kappa shape index (κ2) is 21.3. The molecule has 148 valence electrons. The van der Waals surface area contributed by atoms with Crippen molar-refractivity contribution in [3.63, 3.8) is 0 Å². The summed E-state index contributed by atoms with van der Waals surface area (Å²) in [5.41, 5.74) is 2.64. The third kappa shape index (κ3) is 14.6. The van der Waals surface area contributed by atoms with Gasteiger partial charge in [0.2, 0.25) is 0 Å². The Hall–Kier alpha value is -1.71. The number of hydrogen-bond acceptors (Lipinski definition) is 3. The van der Waals surface area contributed by atoms with Crippen molar-refractivity contribution in [3.8, 4) is 0 Å². The van der Waals surface area contributed by atoms with Crippen LogP contribution in [0, 0.1) is 0 Å². The SMILES string of the molecule is C1=Cc2ccccc2C=CC1.CC.CCN(CC)CCCC=O.CNC. The van der Waals surface area contributed by atoms with Crippen LogP contribution >= 0.6 is 0 Å². The standard InChI is InChI=1S/C11H10.C8H17NO.C2H7N.C2H6/c1-2-6-10-8-4-5-9-11(10)7-3-1;1-3-9(4-2)7-5-6-8-10;1-3-2;1-2/h2-9H,1H2;8H,3-7H2,1-2H3;3H,1-2H3;1-2H3. The van der Waals surface area contributed by atoms with Crippen LogP contribution in [0.1, 0.15) is 58.1 Å². The van der Waals surface area contributed by atoms with Crippen LogP contribution in [-0.2, 0) is 4.79 Å². The Morgan fingerprint density at radius 2 is 1.46 bits per heavy atom. The molecule has 1 aliphatic rings. The normalized spacial score (nSPS) is 10.9. The van der Waals surface area contributed by atoms with Crippen molar-refractivity contribution in [3.05, 3.63) is 47.5 Å². The topological polar surface area (TPSA) is 32.3 Å². The van der Waals surface area contributed by atoms with Crippen molar-refractivity contribution in [1.82, 2.24) is 10.2 Å². The molecule has 0 heterocycles. The average molecular weight is 361 g/mol. The first-order valence-corrected chi connectivity index (χ1v) is 9.89. The molecule has 0 aliphatic heterocycles. The zero-order valence-electron chi connectivity index (χ0n) is 17.8. The molecule has 0 unspecified atom stereocenters. The van der Waals surface area contributed by atoms with E-state index >= 15 is 0 Å². The van der Waals surface area contributed by atoms with Gasteiger partial charge in [-0.25, -0.2) is 0 Å². The highest BCUT2D eigenvalue weighted by atomic mass is 16.1. The minimum Gasteiger partial charge on any atom is -0.323 e. The number of carbonyl (C=O) groups excluding carboxylic acids is 1. The molecule has 0 spiro atoms. The van der Waals surface area contributed by atoms with Crippen LogP contribution in [0.4, 0.5) is 0 Å². The fourth-order valence-electron chi connectivity index (χ4n) is 2.22. The molecule has 3 nitrogen and oxygen atoms in total. The molecule has 1 aromatic carbocycles. The maximum atomic E-state index is 9.94. The van der Waals surface area contributed by atoms with Crippen molar-refractivity contribution >= 4 is 18.4 Å². The maximum Gasteiger partial charge on any atom is 0.120 e. The van der Waals surface area contributed by atoms with Crippen molar-refractivity contribution in [2.45, 2.75) is 47.0 Å². The van der Waals surface area contributed by atoms with Gasteiger partial charge in [-0.1, -0.05) is 76.3 Å². The lowest BCUT2D eigenvalue weighted by Crippen LogP contribution is -2.23. The van der Waals surface area contributed by atoms with Gasteiger partial charge in [0.25, 0.3) is 0 Å². The first kappa shape index (κ1) is 26.5. The molecule has 1 aliphatic carbocycles. The summed E-state index contributed by atoms with van der Waals surface area (Å²) in [5, 5.41) is 2.75. The largest absolute Gasteiger partial charge is 0.323 e. The molecule has 0 amide bonds. The van der Waals surface area contributed by atoms with Crippen LogP contribution in [-0.4, -0.2) is 44.9 Å². The molecule has 0 radical (unpaired) electrons. The fourth-order valence-corrected chi connectivity index (χ4v) is 2.22. The fraction of sp³-hybridized carbons (Fsp3) is 0.522. The third-order valence-corrected chi connectivity index (χ3v) is 3.55. The van der Waals surface area contributed by atoms with Crippen molar-refractivity contribution in [2.75, 3.05) is 33.7 Å². The summed E-state index contributed by atoms with van der Waals surface area (Å²) < 4.78 is 0. The van der Waals surface area contributed by atoms with Crippen molar-refractivity contribution in [2.24, 2.45) is 0 Å². The van der Waals surface area contributed by atoms with Gasteiger partial charge in [-0.05, 0) is 57.7 Å². The van der Waals surface area contributed by atoms with Crippen molar-refractivity contribution < 1.29 is 4.79 Å². The lowest BCUT2D eigenvalue weighted by atomic mass is 10.1. The Balaban J connectivity index is 0. The third-order valence-electron chi connectivity index (χ3n) is 3.55. The molecule has 26 heavy (non-hydrogen) atoms. The predicted octanol–water partition coefficient (Wildman–Crippen LogP) is 5.29. The van der Waals surface area contributed by atoms with E-state index in [9.17, 15) is 4.79 Å². The highest BCUT2D eigenvalue weighted by molar-refractivity contribution is 5.67. The summed E-state index contributed by atoms with van der Waals surface area (Å²) in [7, 11) is 3.75. The van der Waals surface area contributed by atoms with E-state index in [-0.39, 0.29) is 0 Å². The monoisotopic (exact) mass is 360 g/mol. The van der Waals surface area contributed by atoms with Crippen LogP contribution in [0.25, 0.3) is 12.2 Å². The number of carbonyl (C=O) groups is 1. The molecule has 0 atom stereocenters. The van der Waals surface area contributed by atoms with Gasteiger partial charge >= 0.3 is 0 Å². The molecular formula is C23H40N2O. The van der Waals surface area contributed by atoms with Gasteiger partial charge in [0, 0.05) is 6.42 Å². The quantitative estimate of drug-likeness (QED) is 0.553. The van der Waals surface area contributed by atoms with Gasteiger partial charge in [-0.15, -0.1) is 0 Å². The van der Waals surface area contributed by atoms with E-state index in [2.05, 4.69) is 72.6 Å². The van der Waals surface area contributed by atoms with E-state index < -0.39 is 0 Å². The summed E-state index contributed by atoms with van der Waals surface area (Å²) >= 11 is 0. The van der Waals surface area contributed by atoms with Crippen LogP contribution in [0.5, 0.6) is 0 Å². The van der Waals surface area contributed by atoms with Gasteiger partial charge < -0.3 is 15.0 Å². The summed E-state index contributed by atoms with van der Waals surface area (Å²) in [6, 6.07) is 8.42. The van der Waals surface area contributed by atoms with E-state index in [1.54, 1.807) is 0 Å². The maximum absolute atomic E-state index is 9.94. The van der Waals surface area contributed by atoms with Crippen LogP contribution in [0.2, 0.25) is 0 Å². The first-order chi connectivity index (χ1) is 12.7. The van der Waals surface area contributed by atoms with Gasteiger partial charge in [-0.3, -0.25) is 0 Å². The molecule has 3 heteroatoms. The van der Waals surface area contributed by atoms with Crippen LogP contribution in [0.3, 0.4) is 0 Å². The molecule has 0 saturated carbocycles. The molecule has 1 N–H and O–H groups in total. The minimum absolute atomic E-state index is 0.705. The molecule has 0 bridgehead atoms. The average Bonchev–Trinajstić information content (AvgIpc) is 2.94. The number of nitrogens with zero attached hydrogens (tertiary/aromatic N) is 1. The number of unbranched alkanes of at least 4 members (excludes halogenated alkanes) is 1. The number of nitrogens with one attached hydrogen (secondary N) is 1.